The van der Waals surface area contributed by atoms with Crippen LogP contribution in [0, 0.1) is 0 Å². The zero-order valence-electron chi connectivity index (χ0n) is 13.1. The molecule has 1 N–H and O–H groups in total. The van der Waals surface area contributed by atoms with E-state index in [0.29, 0.717) is 25.4 Å². The van der Waals surface area contributed by atoms with Crippen molar-refractivity contribution in [1.29, 1.82) is 0 Å². The molecular weight excluding hydrogens is 288 g/mol. The zero-order chi connectivity index (χ0) is 16.5. The van der Waals surface area contributed by atoms with Gasteiger partial charge < -0.3 is 19.3 Å². The summed E-state index contributed by atoms with van der Waals surface area (Å²) >= 11 is 0. The number of esters is 1. The molecule has 0 spiro atoms. The van der Waals surface area contributed by atoms with E-state index < -0.39 is 18.2 Å². The van der Waals surface area contributed by atoms with Crippen LogP contribution in [0.15, 0.2) is 24.3 Å². The van der Waals surface area contributed by atoms with Gasteiger partial charge in [-0.3, -0.25) is 0 Å². The SMILES string of the molecule is CCOC(=O)[C@@H](Cc1ccc(O[C@@H](C)C(=O)O)cc1)OCC. The van der Waals surface area contributed by atoms with Crippen molar-refractivity contribution >= 4 is 11.9 Å². The average molecular weight is 310 g/mol. The quantitative estimate of drug-likeness (QED) is 0.703. The highest BCUT2D eigenvalue weighted by Crippen LogP contribution is 2.16. The average Bonchev–Trinajstić information content (AvgIpc) is 2.48. The minimum atomic E-state index is -1.03. The van der Waals surface area contributed by atoms with Crippen LogP contribution in [-0.4, -0.2) is 42.5 Å². The van der Waals surface area contributed by atoms with Crippen LogP contribution in [0.3, 0.4) is 0 Å². The molecule has 0 saturated heterocycles. The third-order valence-electron chi connectivity index (χ3n) is 2.92. The summed E-state index contributed by atoms with van der Waals surface area (Å²) in [7, 11) is 0. The molecule has 1 aromatic rings. The van der Waals surface area contributed by atoms with Crippen LogP contribution in [0.2, 0.25) is 0 Å². The van der Waals surface area contributed by atoms with Gasteiger partial charge in [0.15, 0.2) is 12.2 Å². The zero-order valence-corrected chi connectivity index (χ0v) is 13.1. The molecule has 0 unspecified atom stereocenters. The monoisotopic (exact) mass is 310 g/mol. The maximum absolute atomic E-state index is 11.8. The van der Waals surface area contributed by atoms with Crippen LogP contribution in [0.1, 0.15) is 26.3 Å². The molecule has 0 aliphatic rings. The van der Waals surface area contributed by atoms with E-state index in [9.17, 15) is 9.59 Å². The third-order valence-corrected chi connectivity index (χ3v) is 2.92. The molecule has 22 heavy (non-hydrogen) atoms. The Morgan fingerprint density at radius 1 is 1.14 bits per heavy atom. The van der Waals surface area contributed by atoms with Crippen molar-refractivity contribution < 1.29 is 28.9 Å². The van der Waals surface area contributed by atoms with Crippen LogP contribution in [0.5, 0.6) is 5.75 Å². The van der Waals surface area contributed by atoms with E-state index in [-0.39, 0.29) is 5.97 Å². The third kappa shape index (κ3) is 5.73. The Morgan fingerprint density at radius 2 is 1.77 bits per heavy atom. The van der Waals surface area contributed by atoms with Gasteiger partial charge in [-0.2, -0.15) is 0 Å². The number of aliphatic carboxylic acids is 1. The van der Waals surface area contributed by atoms with E-state index in [4.69, 9.17) is 19.3 Å². The van der Waals surface area contributed by atoms with Crippen LogP contribution >= 0.6 is 0 Å². The Balaban J connectivity index is 2.68. The molecule has 0 radical (unpaired) electrons. The lowest BCUT2D eigenvalue weighted by Crippen LogP contribution is -2.29. The van der Waals surface area contributed by atoms with Crippen LogP contribution < -0.4 is 4.74 Å². The summed E-state index contributed by atoms with van der Waals surface area (Å²) < 4.78 is 15.6. The number of ether oxygens (including phenoxy) is 3. The first kappa shape index (κ1) is 18.0. The lowest BCUT2D eigenvalue weighted by Gasteiger charge is -2.16. The van der Waals surface area contributed by atoms with Gasteiger partial charge in [0.25, 0.3) is 0 Å². The molecule has 2 atom stereocenters. The number of hydrogen-bond donors (Lipinski definition) is 1. The predicted molar refractivity (Wildman–Crippen MR) is 79.9 cm³/mol. The topological polar surface area (TPSA) is 82.1 Å². The number of carboxylic acid groups (broad SMARTS) is 1. The fourth-order valence-corrected chi connectivity index (χ4v) is 1.82. The van der Waals surface area contributed by atoms with Crippen molar-refractivity contribution in [3.8, 4) is 5.75 Å². The van der Waals surface area contributed by atoms with Gasteiger partial charge in [-0.1, -0.05) is 12.1 Å². The highest BCUT2D eigenvalue weighted by Gasteiger charge is 2.20. The lowest BCUT2D eigenvalue weighted by atomic mass is 10.1. The Morgan fingerprint density at radius 3 is 2.27 bits per heavy atom. The van der Waals surface area contributed by atoms with Crippen LogP contribution in [0.4, 0.5) is 0 Å². The second kappa shape index (κ2) is 9.04. The smallest absolute Gasteiger partial charge is 0.344 e. The molecule has 0 aromatic heterocycles. The Bertz CT molecular complexity index is 482. The van der Waals surface area contributed by atoms with Crippen molar-refractivity contribution in [3.05, 3.63) is 29.8 Å². The first-order valence-electron chi connectivity index (χ1n) is 7.24. The minimum Gasteiger partial charge on any atom is -0.479 e. The van der Waals surface area contributed by atoms with E-state index in [1.807, 2.05) is 6.92 Å². The summed E-state index contributed by atoms with van der Waals surface area (Å²) in [6.45, 7) is 5.75. The van der Waals surface area contributed by atoms with E-state index in [2.05, 4.69) is 0 Å². The van der Waals surface area contributed by atoms with Gasteiger partial charge in [-0.15, -0.1) is 0 Å². The number of carbonyl (C=O) groups excluding carboxylic acids is 1. The highest BCUT2D eigenvalue weighted by molar-refractivity contribution is 5.75. The van der Waals surface area contributed by atoms with Crippen molar-refractivity contribution in [2.24, 2.45) is 0 Å². The summed E-state index contributed by atoms with van der Waals surface area (Å²) in [5, 5.41) is 8.79. The van der Waals surface area contributed by atoms with Crippen molar-refractivity contribution in [3.63, 3.8) is 0 Å². The molecule has 6 nitrogen and oxygen atoms in total. The minimum absolute atomic E-state index is 0.308. The van der Waals surface area contributed by atoms with E-state index >= 15 is 0 Å². The molecule has 0 heterocycles. The second-order valence-corrected chi connectivity index (χ2v) is 4.64. The van der Waals surface area contributed by atoms with Crippen molar-refractivity contribution in [2.45, 2.75) is 39.4 Å². The fourth-order valence-electron chi connectivity index (χ4n) is 1.82. The van der Waals surface area contributed by atoms with Crippen LogP contribution in [-0.2, 0) is 25.5 Å². The number of carboxylic acids is 1. The van der Waals surface area contributed by atoms with Gasteiger partial charge in [0.2, 0.25) is 0 Å². The van der Waals surface area contributed by atoms with E-state index in [0.717, 1.165) is 5.56 Å². The Kier molecular flexibility index (Phi) is 7.39. The standard InChI is InChI=1S/C16H22O6/c1-4-20-14(16(19)21-5-2)10-12-6-8-13(9-7-12)22-11(3)15(17)18/h6-9,11,14H,4-5,10H2,1-3H3,(H,17,18)/t11-,14+/m0/s1. The fraction of sp³-hybridized carbons (Fsp3) is 0.500. The largest absolute Gasteiger partial charge is 0.479 e. The molecule has 122 valence electrons. The van der Waals surface area contributed by atoms with Crippen LogP contribution in [0.25, 0.3) is 0 Å². The molecule has 0 amide bonds. The number of rotatable bonds is 9. The van der Waals surface area contributed by atoms with E-state index in [1.54, 1.807) is 31.2 Å². The number of benzene rings is 1. The van der Waals surface area contributed by atoms with E-state index in [1.165, 1.54) is 6.92 Å². The molecule has 0 aliphatic heterocycles. The predicted octanol–water partition coefficient (Wildman–Crippen LogP) is 2.05. The molecule has 1 rings (SSSR count). The van der Waals surface area contributed by atoms with Gasteiger partial charge in [0, 0.05) is 13.0 Å². The summed E-state index contributed by atoms with van der Waals surface area (Å²) in [4.78, 5) is 22.5. The first-order chi connectivity index (χ1) is 10.5. The highest BCUT2D eigenvalue weighted by atomic mass is 16.6. The van der Waals surface area contributed by atoms with Crippen molar-refractivity contribution in [2.75, 3.05) is 13.2 Å². The maximum atomic E-state index is 11.8. The van der Waals surface area contributed by atoms with Gasteiger partial charge in [0.05, 0.1) is 6.61 Å². The molecule has 1 aromatic carbocycles. The maximum Gasteiger partial charge on any atom is 0.344 e. The number of hydrogen-bond acceptors (Lipinski definition) is 5. The van der Waals surface area contributed by atoms with Gasteiger partial charge in [-0.05, 0) is 38.5 Å². The first-order valence-corrected chi connectivity index (χ1v) is 7.24. The molecule has 0 fully saturated rings. The summed E-state index contributed by atoms with van der Waals surface area (Å²) in [5.74, 6) is -0.949. The second-order valence-electron chi connectivity index (χ2n) is 4.64. The Hall–Kier alpha value is -2.08. The molecule has 6 heteroatoms. The van der Waals surface area contributed by atoms with Crippen molar-refractivity contribution in [1.82, 2.24) is 0 Å². The lowest BCUT2D eigenvalue weighted by molar-refractivity contribution is -0.156. The number of carbonyl (C=O) groups is 2. The van der Waals surface area contributed by atoms with Gasteiger partial charge in [0.1, 0.15) is 5.75 Å². The Labute approximate surface area is 130 Å². The molecule has 0 saturated carbocycles. The summed E-state index contributed by atoms with van der Waals surface area (Å²) in [6, 6.07) is 6.89. The van der Waals surface area contributed by atoms with Gasteiger partial charge in [-0.25, -0.2) is 9.59 Å². The molecule has 0 bridgehead atoms. The summed E-state index contributed by atoms with van der Waals surface area (Å²) in [6.07, 6.45) is -1.17. The van der Waals surface area contributed by atoms with Gasteiger partial charge >= 0.3 is 11.9 Å². The summed E-state index contributed by atoms with van der Waals surface area (Å²) in [5.41, 5.74) is 0.877. The normalized spacial score (nSPS) is 13.2. The molecular formula is C16H22O6. The molecule has 0 aliphatic carbocycles.